The second kappa shape index (κ2) is 6.05. The Bertz CT molecular complexity index is 453. The molecule has 1 aromatic heterocycles. The van der Waals surface area contributed by atoms with Crippen LogP contribution in [-0.4, -0.2) is 24.9 Å². The predicted octanol–water partition coefficient (Wildman–Crippen LogP) is 0.804. The number of nitrogens with two attached hydrogens (primary N) is 1. The standard InChI is InChI=1S/C11H11NO3S/c1-2-15-11(14)10(13)9-6-5-8(16-9)4-3-7-12/h5-6H,2,7,12H2,1H3. The van der Waals surface area contributed by atoms with E-state index < -0.39 is 11.8 Å². The summed E-state index contributed by atoms with van der Waals surface area (Å²) in [6.45, 7) is 2.10. The second-order valence-corrected chi connectivity index (χ2v) is 3.80. The molecule has 0 aliphatic rings. The van der Waals surface area contributed by atoms with Crippen LogP contribution in [-0.2, 0) is 9.53 Å². The molecular weight excluding hydrogens is 226 g/mol. The van der Waals surface area contributed by atoms with Crippen LogP contribution in [0.5, 0.6) is 0 Å². The number of rotatable bonds is 3. The highest BCUT2D eigenvalue weighted by Gasteiger charge is 2.18. The fraction of sp³-hybridized carbons (Fsp3) is 0.273. The Morgan fingerprint density at radius 1 is 1.50 bits per heavy atom. The Labute approximate surface area is 97.4 Å². The molecule has 2 N–H and O–H groups in total. The largest absolute Gasteiger partial charge is 0.460 e. The summed E-state index contributed by atoms with van der Waals surface area (Å²) in [7, 11) is 0. The van der Waals surface area contributed by atoms with Gasteiger partial charge in [0.05, 0.1) is 22.9 Å². The van der Waals surface area contributed by atoms with Crippen molar-refractivity contribution in [2.45, 2.75) is 6.92 Å². The first kappa shape index (κ1) is 12.4. The zero-order chi connectivity index (χ0) is 12.0. The molecule has 0 aromatic carbocycles. The van der Waals surface area contributed by atoms with Crippen molar-refractivity contribution in [1.29, 1.82) is 0 Å². The van der Waals surface area contributed by atoms with Gasteiger partial charge in [-0.25, -0.2) is 4.79 Å². The monoisotopic (exact) mass is 237 g/mol. The number of ketones is 1. The highest BCUT2D eigenvalue weighted by molar-refractivity contribution is 7.15. The second-order valence-electron chi connectivity index (χ2n) is 2.72. The van der Waals surface area contributed by atoms with Gasteiger partial charge in [0.25, 0.3) is 5.78 Å². The summed E-state index contributed by atoms with van der Waals surface area (Å²) in [6.07, 6.45) is 0. The van der Waals surface area contributed by atoms with E-state index in [4.69, 9.17) is 5.73 Å². The summed E-state index contributed by atoms with van der Waals surface area (Å²) in [5.74, 6) is 4.00. The van der Waals surface area contributed by atoms with Crippen molar-refractivity contribution in [1.82, 2.24) is 0 Å². The van der Waals surface area contributed by atoms with Crippen LogP contribution in [0.25, 0.3) is 0 Å². The molecule has 16 heavy (non-hydrogen) atoms. The number of Topliss-reactive ketones (excluding diaryl/α,β-unsaturated/α-hetero) is 1. The molecule has 0 saturated carbocycles. The molecule has 4 nitrogen and oxygen atoms in total. The van der Waals surface area contributed by atoms with Crippen molar-refractivity contribution in [2.24, 2.45) is 5.73 Å². The van der Waals surface area contributed by atoms with Crippen LogP contribution in [0.1, 0.15) is 21.5 Å². The van der Waals surface area contributed by atoms with E-state index in [9.17, 15) is 9.59 Å². The van der Waals surface area contributed by atoms with Crippen LogP contribution in [0.4, 0.5) is 0 Å². The lowest BCUT2D eigenvalue weighted by Gasteiger charge is -1.96. The van der Waals surface area contributed by atoms with Crippen molar-refractivity contribution < 1.29 is 14.3 Å². The number of carbonyl (C=O) groups is 2. The van der Waals surface area contributed by atoms with Gasteiger partial charge in [-0.05, 0) is 19.1 Å². The van der Waals surface area contributed by atoms with Gasteiger partial charge in [0, 0.05) is 0 Å². The van der Waals surface area contributed by atoms with Gasteiger partial charge in [-0.15, -0.1) is 11.3 Å². The molecular formula is C11H11NO3S. The van der Waals surface area contributed by atoms with Crippen molar-refractivity contribution in [2.75, 3.05) is 13.2 Å². The van der Waals surface area contributed by atoms with Crippen molar-refractivity contribution in [3.05, 3.63) is 21.9 Å². The number of thiophene rings is 1. The summed E-state index contributed by atoms with van der Waals surface area (Å²) in [4.78, 5) is 23.7. The highest BCUT2D eigenvalue weighted by atomic mass is 32.1. The van der Waals surface area contributed by atoms with Gasteiger partial charge >= 0.3 is 5.97 Å². The molecule has 0 atom stereocenters. The fourth-order valence-corrected chi connectivity index (χ4v) is 1.77. The highest BCUT2D eigenvalue weighted by Crippen LogP contribution is 2.16. The minimum Gasteiger partial charge on any atom is -0.460 e. The van der Waals surface area contributed by atoms with Gasteiger partial charge in [-0.2, -0.15) is 0 Å². The molecule has 0 aliphatic heterocycles. The summed E-state index contributed by atoms with van der Waals surface area (Å²) in [5, 5.41) is 0. The number of hydrogen-bond acceptors (Lipinski definition) is 5. The summed E-state index contributed by atoms with van der Waals surface area (Å²) in [6, 6.07) is 3.24. The van der Waals surface area contributed by atoms with E-state index in [-0.39, 0.29) is 13.2 Å². The Morgan fingerprint density at radius 3 is 2.88 bits per heavy atom. The first-order chi connectivity index (χ1) is 7.69. The van der Waals surface area contributed by atoms with Gasteiger partial charge < -0.3 is 10.5 Å². The maximum atomic E-state index is 11.5. The van der Waals surface area contributed by atoms with Crippen LogP contribution in [0, 0.1) is 11.8 Å². The maximum absolute atomic E-state index is 11.5. The zero-order valence-corrected chi connectivity index (χ0v) is 9.60. The Hall–Kier alpha value is -1.64. The smallest absolute Gasteiger partial charge is 0.380 e. The maximum Gasteiger partial charge on any atom is 0.380 e. The van der Waals surface area contributed by atoms with E-state index >= 15 is 0 Å². The molecule has 0 unspecified atom stereocenters. The zero-order valence-electron chi connectivity index (χ0n) is 8.78. The average molecular weight is 237 g/mol. The average Bonchev–Trinajstić information content (AvgIpc) is 2.74. The van der Waals surface area contributed by atoms with E-state index in [1.807, 2.05) is 0 Å². The minimum absolute atomic E-state index is 0.190. The van der Waals surface area contributed by atoms with Gasteiger partial charge in [-0.3, -0.25) is 4.79 Å². The van der Waals surface area contributed by atoms with Gasteiger partial charge in [0.1, 0.15) is 0 Å². The molecule has 5 heteroatoms. The van der Waals surface area contributed by atoms with Crippen molar-refractivity contribution >= 4 is 23.1 Å². The molecule has 0 radical (unpaired) electrons. The minimum atomic E-state index is -0.831. The third-order valence-corrected chi connectivity index (χ3v) is 2.60. The fourth-order valence-electron chi connectivity index (χ4n) is 0.962. The molecule has 0 bridgehead atoms. The van der Waals surface area contributed by atoms with Crippen molar-refractivity contribution in [3.8, 4) is 11.8 Å². The lowest BCUT2D eigenvalue weighted by atomic mass is 10.3. The lowest BCUT2D eigenvalue weighted by Crippen LogP contribution is -2.16. The lowest BCUT2D eigenvalue weighted by molar-refractivity contribution is -0.137. The van der Waals surface area contributed by atoms with Gasteiger partial charge in [0.2, 0.25) is 0 Å². The third-order valence-electron chi connectivity index (χ3n) is 1.60. The molecule has 0 saturated heterocycles. The predicted molar refractivity (Wildman–Crippen MR) is 61.2 cm³/mol. The normalized spacial score (nSPS) is 9.12. The van der Waals surface area contributed by atoms with Crippen molar-refractivity contribution in [3.63, 3.8) is 0 Å². The third kappa shape index (κ3) is 3.19. The first-order valence-electron chi connectivity index (χ1n) is 4.69. The van der Waals surface area contributed by atoms with Gasteiger partial charge in [0.15, 0.2) is 0 Å². The summed E-state index contributed by atoms with van der Waals surface area (Å²) < 4.78 is 4.61. The van der Waals surface area contributed by atoms with Crippen LogP contribution in [0.15, 0.2) is 12.1 Å². The Balaban J connectivity index is 2.78. The van der Waals surface area contributed by atoms with Crippen LogP contribution >= 0.6 is 11.3 Å². The molecule has 0 amide bonds. The van der Waals surface area contributed by atoms with Crippen LogP contribution < -0.4 is 5.73 Å². The molecule has 0 spiro atoms. The summed E-state index contributed by atoms with van der Waals surface area (Å²) >= 11 is 1.16. The van der Waals surface area contributed by atoms with E-state index in [1.54, 1.807) is 19.1 Å². The quantitative estimate of drug-likeness (QED) is 0.365. The molecule has 1 rings (SSSR count). The van der Waals surface area contributed by atoms with E-state index in [0.717, 1.165) is 11.3 Å². The molecule has 84 valence electrons. The Morgan fingerprint density at radius 2 is 2.25 bits per heavy atom. The number of carbonyl (C=O) groups excluding carboxylic acids is 2. The van der Waals surface area contributed by atoms with Crippen LogP contribution in [0.2, 0.25) is 0 Å². The molecule has 1 heterocycles. The first-order valence-corrected chi connectivity index (χ1v) is 5.51. The number of hydrogen-bond donors (Lipinski definition) is 1. The molecule has 1 aromatic rings. The SMILES string of the molecule is CCOC(=O)C(=O)c1ccc(C#CCN)s1. The Kier molecular flexibility index (Phi) is 4.70. The van der Waals surface area contributed by atoms with E-state index in [1.165, 1.54) is 0 Å². The van der Waals surface area contributed by atoms with Gasteiger partial charge in [-0.1, -0.05) is 11.8 Å². The molecule has 0 fully saturated rings. The number of ether oxygens (including phenoxy) is 1. The van der Waals surface area contributed by atoms with E-state index in [2.05, 4.69) is 16.6 Å². The summed E-state index contributed by atoms with van der Waals surface area (Å²) in [5.41, 5.74) is 5.22. The number of esters is 1. The van der Waals surface area contributed by atoms with E-state index in [0.29, 0.717) is 9.75 Å². The topological polar surface area (TPSA) is 69.4 Å². The molecule has 0 aliphatic carbocycles. The van der Waals surface area contributed by atoms with Crippen LogP contribution in [0.3, 0.4) is 0 Å².